The fraction of sp³-hybridized carbons (Fsp3) is 0.296. The SMILES string of the molecule is Cc1ccc(C)c(OCc2cccc(C(=O)N3CCN(Cc4c(F)cccc4Cl)CC3)c2)c1. The van der Waals surface area contributed by atoms with Gasteiger partial charge in [-0.1, -0.05) is 41.9 Å². The minimum Gasteiger partial charge on any atom is -0.489 e. The van der Waals surface area contributed by atoms with Crippen LogP contribution in [0.3, 0.4) is 0 Å². The summed E-state index contributed by atoms with van der Waals surface area (Å²) < 4.78 is 20.1. The van der Waals surface area contributed by atoms with Crippen LogP contribution < -0.4 is 4.74 Å². The fourth-order valence-corrected chi connectivity index (χ4v) is 4.24. The second-order valence-corrected chi connectivity index (χ2v) is 8.93. The van der Waals surface area contributed by atoms with E-state index in [-0.39, 0.29) is 11.7 Å². The van der Waals surface area contributed by atoms with E-state index in [4.69, 9.17) is 16.3 Å². The van der Waals surface area contributed by atoms with E-state index < -0.39 is 0 Å². The lowest BCUT2D eigenvalue weighted by molar-refractivity contribution is 0.0627. The molecule has 4 rings (SSSR count). The minimum atomic E-state index is -0.291. The van der Waals surface area contributed by atoms with E-state index in [1.807, 2.05) is 55.1 Å². The third-order valence-electron chi connectivity index (χ3n) is 6.01. The molecule has 1 fully saturated rings. The lowest BCUT2D eigenvalue weighted by atomic mass is 10.1. The molecule has 6 heteroatoms. The van der Waals surface area contributed by atoms with E-state index in [0.717, 1.165) is 22.4 Å². The van der Waals surface area contributed by atoms with Crippen LogP contribution in [0.25, 0.3) is 0 Å². The topological polar surface area (TPSA) is 32.8 Å². The Hall–Kier alpha value is -2.89. The van der Waals surface area contributed by atoms with Crippen LogP contribution in [-0.2, 0) is 13.2 Å². The first kappa shape index (κ1) is 23.3. The third-order valence-corrected chi connectivity index (χ3v) is 6.37. The van der Waals surface area contributed by atoms with Crippen LogP contribution in [0.15, 0.2) is 60.7 Å². The van der Waals surface area contributed by atoms with E-state index in [2.05, 4.69) is 11.0 Å². The second kappa shape index (κ2) is 10.4. The summed E-state index contributed by atoms with van der Waals surface area (Å²) in [6.45, 7) is 7.44. The summed E-state index contributed by atoms with van der Waals surface area (Å²) >= 11 is 6.16. The Morgan fingerprint density at radius 3 is 2.52 bits per heavy atom. The summed E-state index contributed by atoms with van der Waals surface area (Å²) in [7, 11) is 0. The number of hydrogen-bond acceptors (Lipinski definition) is 3. The Bertz CT molecular complexity index is 1120. The zero-order chi connectivity index (χ0) is 23.4. The molecule has 0 spiro atoms. The molecule has 1 aliphatic heterocycles. The van der Waals surface area contributed by atoms with Gasteiger partial charge in [-0.2, -0.15) is 0 Å². The number of ether oxygens (including phenoxy) is 1. The van der Waals surface area contributed by atoms with Gasteiger partial charge in [-0.3, -0.25) is 9.69 Å². The summed E-state index contributed by atoms with van der Waals surface area (Å²) in [5.74, 6) is 0.575. The molecule has 0 radical (unpaired) electrons. The van der Waals surface area contributed by atoms with Gasteiger partial charge in [0.1, 0.15) is 18.2 Å². The molecule has 1 heterocycles. The summed E-state index contributed by atoms with van der Waals surface area (Å²) in [4.78, 5) is 17.1. The predicted octanol–water partition coefficient (Wildman–Crippen LogP) is 5.63. The second-order valence-electron chi connectivity index (χ2n) is 8.53. The lowest BCUT2D eigenvalue weighted by Gasteiger charge is -2.35. The van der Waals surface area contributed by atoms with Crippen LogP contribution in [0.4, 0.5) is 4.39 Å². The van der Waals surface area contributed by atoms with Crippen molar-refractivity contribution in [3.8, 4) is 5.75 Å². The molecule has 0 N–H and O–H groups in total. The Balaban J connectivity index is 1.35. The van der Waals surface area contributed by atoms with Crippen molar-refractivity contribution in [2.45, 2.75) is 27.0 Å². The quantitative estimate of drug-likeness (QED) is 0.471. The minimum absolute atomic E-state index is 0.00663. The van der Waals surface area contributed by atoms with E-state index in [1.165, 1.54) is 6.07 Å². The number of piperazine rings is 1. The Labute approximate surface area is 199 Å². The van der Waals surface area contributed by atoms with Crippen molar-refractivity contribution < 1.29 is 13.9 Å². The highest BCUT2D eigenvalue weighted by atomic mass is 35.5. The van der Waals surface area contributed by atoms with E-state index in [9.17, 15) is 9.18 Å². The van der Waals surface area contributed by atoms with Crippen molar-refractivity contribution in [3.05, 3.63) is 99.3 Å². The van der Waals surface area contributed by atoms with Gasteiger partial charge >= 0.3 is 0 Å². The van der Waals surface area contributed by atoms with Crippen LogP contribution in [-0.4, -0.2) is 41.9 Å². The van der Waals surface area contributed by atoms with Crippen molar-refractivity contribution in [1.29, 1.82) is 0 Å². The van der Waals surface area contributed by atoms with Gasteiger partial charge in [0.05, 0.1) is 0 Å². The molecule has 3 aromatic carbocycles. The zero-order valence-corrected chi connectivity index (χ0v) is 19.7. The smallest absolute Gasteiger partial charge is 0.253 e. The molecule has 1 amide bonds. The number of aryl methyl sites for hydroxylation is 2. The fourth-order valence-electron chi connectivity index (χ4n) is 4.02. The number of amides is 1. The maximum Gasteiger partial charge on any atom is 0.253 e. The number of hydrogen-bond donors (Lipinski definition) is 0. The van der Waals surface area contributed by atoms with Crippen LogP contribution >= 0.6 is 11.6 Å². The standard InChI is InChI=1S/C27H28ClFN2O2/c1-19-9-10-20(2)26(15-19)33-18-21-5-3-6-22(16-21)27(32)31-13-11-30(12-14-31)17-23-24(28)7-4-8-25(23)29/h3-10,15-16H,11-14,17-18H2,1-2H3. The lowest BCUT2D eigenvalue weighted by Crippen LogP contribution is -2.48. The van der Waals surface area contributed by atoms with Crippen molar-refractivity contribution in [2.75, 3.05) is 26.2 Å². The largest absolute Gasteiger partial charge is 0.489 e. The highest BCUT2D eigenvalue weighted by Crippen LogP contribution is 2.23. The van der Waals surface area contributed by atoms with E-state index in [0.29, 0.717) is 55.5 Å². The average molecular weight is 467 g/mol. The van der Waals surface area contributed by atoms with Gasteiger partial charge in [-0.25, -0.2) is 4.39 Å². The summed E-state index contributed by atoms with van der Waals surface area (Å²) in [6, 6.07) is 18.5. The predicted molar refractivity (Wildman–Crippen MR) is 129 cm³/mol. The van der Waals surface area contributed by atoms with Crippen molar-refractivity contribution in [2.24, 2.45) is 0 Å². The maximum atomic E-state index is 14.1. The molecule has 4 nitrogen and oxygen atoms in total. The third kappa shape index (κ3) is 5.73. The van der Waals surface area contributed by atoms with Gasteiger partial charge in [0.15, 0.2) is 0 Å². The molecule has 0 unspecified atom stereocenters. The molecule has 0 saturated carbocycles. The number of carbonyl (C=O) groups is 1. The van der Waals surface area contributed by atoms with Crippen molar-refractivity contribution in [1.82, 2.24) is 9.80 Å². The normalized spacial score (nSPS) is 14.4. The maximum absolute atomic E-state index is 14.1. The molecular weight excluding hydrogens is 439 g/mol. The van der Waals surface area contributed by atoms with Gasteiger partial charge in [-0.05, 0) is 60.9 Å². The average Bonchev–Trinajstić information content (AvgIpc) is 2.82. The number of rotatable bonds is 6. The van der Waals surface area contributed by atoms with Gasteiger partial charge in [0.2, 0.25) is 0 Å². The first-order valence-electron chi connectivity index (χ1n) is 11.1. The van der Waals surface area contributed by atoms with E-state index in [1.54, 1.807) is 12.1 Å². The van der Waals surface area contributed by atoms with Crippen molar-refractivity contribution >= 4 is 17.5 Å². The number of nitrogens with zero attached hydrogens (tertiary/aromatic N) is 2. The number of benzene rings is 3. The van der Waals surface area contributed by atoms with Gasteiger partial charge in [0, 0.05) is 48.9 Å². The van der Waals surface area contributed by atoms with Crippen LogP contribution in [0.2, 0.25) is 5.02 Å². The van der Waals surface area contributed by atoms with Crippen LogP contribution in [0.5, 0.6) is 5.75 Å². The van der Waals surface area contributed by atoms with Crippen LogP contribution in [0.1, 0.15) is 32.6 Å². The first-order valence-corrected chi connectivity index (χ1v) is 11.5. The zero-order valence-electron chi connectivity index (χ0n) is 19.0. The number of halogens is 2. The monoisotopic (exact) mass is 466 g/mol. The molecule has 1 saturated heterocycles. The van der Waals surface area contributed by atoms with Gasteiger partial charge in [-0.15, -0.1) is 0 Å². The first-order chi connectivity index (χ1) is 15.9. The van der Waals surface area contributed by atoms with E-state index >= 15 is 0 Å². The van der Waals surface area contributed by atoms with Gasteiger partial charge in [0.25, 0.3) is 5.91 Å². The molecule has 0 atom stereocenters. The summed E-state index contributed by atoms with van der Waals surface area (Å²) in [5.41, 5.74) is 4.35. The molecule has 0 aromatic heterocycles. The van der Waals surface area contributed by atoms with Gasteiger partial charge < -0.3 is 9.64 Å². The molecule has 172 valence electrons. The Morgan fingerprint density at radius 2 is 1.76 bits per heavy atom. The van der Waals surface area contributed by atoms with Crippen LogP contribution in [0, 0.1) is 19.7 Å². The molecule has 0 bridgehead atoms. The molecule has 1 aliphatic rings. The number of carbonyl (C=O) groups excluding carboxylic acids is 1. The Morgan fingerprint density at radius 1 is 1.00 bits per heavy atom. The van der Waals surface area contributed by atoms with Crippen molar-refractivity contribution in [3.63, 3.8) is 0 Å². The molecule has 0 aliphatic carbocycles. The molecular formula is C27H28ClFN2O2. The highest BCUT2D eigenvalue weighted by molar-refractivity contribution is 6.31. The Kier molecular flexibility index (Phi) is 7.31. The highest BCUT2D eigenvalue weighted by Gasteiger charge is 2.23. The summed E-state index contributed by atoms with van der Waals surface area (Å²) in [6.07, 6.45) is 0. The molecule has 33 heavy (non-hydrogen) atoms. The molecule has 3 aromatic rings. The summed E-state index contributed by atoms with van der Waals surface area (Å²) in [5, 5.41) is 0.438.